The highest BCUT2D eigenvalue weighted by Crippen LogP contribution is 2.34. The number of nitrogens with zero attached hydrogens (tertiary/aromatic N) is 2. The Hall–Kier alpha value is -2.69. The summed E-state index contributed by atoms with van der Waals surface area (Å²) in [6.07, 6.45) is 0. The number of rotatable bonds is 3. The van der Waals surface area contributed by atoms with Crippen molar-refractivity contribution in [1.82, 2.24) is 19.1 Å². The molecule has 0 aliphatic rings. The molecule has 6 N–H and O–H groups in total. The van der Waals surface area contributed by atoms with Gasteiger partial charge in [0.15, 0.2) is 9.54 Å². The first-order valence-electron chi connectivity index (χ1n) is 8.06. The van der Waals surface area contributed by atoms with Gasteiger partial charge in [0.25, 0.3) is 11.1 Å². The molecule has 0 spiro atoms. The van der Waals surface area contributed by atoms with E-state index in [-0.39, 0.29) is 32.3 Å². The Bertz CT molecular complexity index is 1220. The number of nitrogen functional groups attached to an aromatic ring is 2. The normalized spacial score (nSPS) is 11.1. The molecular weight excluding hydrogens is 420 g/mol. The molecular formula is C17H17ClN6O2S2. The zero-order valence-electron chi connectivity index (χ0n) is 14.9. The first kappa shape index (κ1) is 20.1. The number of anilines is 2. The third-order valence-corrected chi connectivity index (χ3v) is 5.60. The molecule has 0 aliphatic carbocycles. The van der Waals surface area contributed by atoms with Crippen LogP contribution in [0.2, 0.25) is 5.02 Å². The van der Waals surface area contributed by atoms with Crippen LogP contribution in [0.3, 0.4) is 0 Å². The van der Waals surface area contributed by atoms with Crippen molar-refractivity contribution in [2.45, 2.75) is 5.92 Å². The van der Waals surface area contributed by atoms with Gasteiger partial charge in [0.1, 0.15) is 11.6 Å². The zero-order valence-corrected chi connectivity index (χ0v) is 17.3. The first-order valence-corrected chi connectivity index (χ1v) is 9.25. The average molecular weight is 437 g/mol. The van der Waals surface area contributed by atoms with E-state index in [1.807, 2.05) is 0 Å². The highest BCUT2D eigenvalue weighted by atomic mass is 35.5. The SMILES string of the molecule is Cn1c(N)c(C(c2ccc(Cl)cc2)c2c(N)n(C)c(=S)[nH]c2=O)c(=O)[nH]c1=S. The summed E-state index contributed by atoms with van der Waals surface area (Å²) in [6.45, 7) is 0. The third kappa shape index (κ3) is 3.30. The van der Waals surface area contributed by atoms with Crippen LogP contribution < -0.4 is 22.6 Å². The highest BCUT2D eigenvalue weighted by molar-refractivity contribution is 7.71. The molecule has 146 valence electrons. The van der Waals surface area contributed by atoms with Crippen LogP contribution in [0.25, 0.3) is 0 Å². The number of halogens is 1. The molecule has 0 aliphatic heterocycles. The van der Waals surface area contributed by atoms with Crippen LogP contribution in [0.1, 0.15) is 22.6 Å². The molecule has 0 amide bonds. The van der Waals surface area contributed by atoms with Gasteiger partial charge in [-0.15, -0.1) is 0 Å². The lowest BCUT2D eigenvalue weighted by molar-refractivity contribution is 0.778. The minimum atomic E-state index is -0.867. The van der Waals surface area contributed by atoms with Gasteiger partial charge in [-0.3, -0.25) is 19.6 Å². The number of hydrogen-bond acceptors (Lipinski definition) is 6. The molecule has 8 nitrogen and oxygen atoms in total. The summed E-state index contributed by atoms with van der Waals surface area (Å²) >= 11 is 16.2. The molecule has 2 heterocycles. The fourth-order valence-electron chi connectivity index (χ4n) is 3.00. The summed E-state index contributed by atoms with van der Waals surface area (Å²) < 4.78 is 3.24. The highest BCUT2D eigenvalue weighted by Gasteiger charge is 2.29. The second-order valence-electron chi connectivity index (χ2n) is 6.22. The molecule has 3 aromatic rings. The Morgan fingerprint density at radius 2 is 1.29 bits per heavy atom. The molecule has 28 heavy (non-hydrogen) atoms. The monoisotopic (exact) mass is 436 g/mol. The molecule has 0 radical (unpaired) electrons. The average Bonchev–Trinajstić information content (AvgIpc) is 2.64. The largest absolute Gasteiger partial charge is 0.385 e. The van der Waals surface area contributed by atoms with E-state index in [2.05, 4.69) is 9.97 Å². The molecule has 0 saturated heterocycles. The van der Waals surface area contributed by atoms with E-state index in [1.165, 1.54) is 9.13 Å². The maximum Gasteiger partial charge on any atom is 0.257 e. The summed E-state index contributed by atoms with van der Waals surface area (Å²) in [4.78, 5) is 30.8. The van der Waals surface area contributed by atoms with Crippen LogP contribution in [-0.4, -0.2) is 19.1 Å². The van der Waals surface area contributed by atoms with Crippen molar-refractivity contribution in [3.63, 3.8) is 0 Å². The van der Waals surface area contributed by atoms with Gasteiger partial charge in [0.05, 0.1) is 17.0 Å². The van der Waals surface area contributed by atoms with Gasteiger partial charge in [-0.25, -0.2) is 0 Å². The summed E-state index contributed by atoms with van der Waals surface area (Å²) in [5.41, 5.74) is 12.3. The van der Waals surface area contributed by atoms with Crippen molar-refractivity contribution in [1.29, 1.82) is 0 Å². The number of hydrogen-bond donors (Lipinski definition) is 4. The summed E-state index contributed by atoms with van der Waals surface area (Å²) in [7, 11) is 3.24. The van der Waals surface area contributed by atoms with Gasteiger partial charge in [0.2, 0.25) is 0 Å². The minimum absolute atomic E-state index is 0.123. The molecule has 0 atom stereocenters. The summed E-state index contributed by atoms with van der Waals surface area (Å²) in [5, 5.41) is 0.504. The standard InChI is InChI=1S/C17H17ClN6O2S2/c1-23-12(19)10(14(25)21-16(23)27)9(7-3-5-8(18)6-4-7)11-13(20)24(2)17(28)22-15(11)26/h3-6,9H,19-20H2,1-2H3,(H,21,25,27)(H,22,26,28). The van der Waals surface area contributed by atoms with Crippen molar-refractivity contribution in [2.24, 2.45) is 14.1 Å². The molecule has 0 fully saturated rings. The summed E-state index contributed by atoms with van der Waals surface area (Å²) in [6, 6.07) is 6.71. The molecule has 1 aromatic carbocycles. The van der Waals surface area contributed by atoms with Gasteiger partial charge in [-0.1, -0.05) is 23.7 Å². The van der Waals surface area contributed by atoms with E-state index in [0.29, 0.717) is 10.6 Å². The Morgan fingerprint density at radius 1 is 0.893 bits per heavy atom. The number of nitrogens with two attached hydrogens (primary N) is 2. The van der Waals surface area contributed by atoms with Crippen molar-refractivity contribution in [3.05, 3.63) is 76.2 Å². The topological polar surface area (TPSA) is 128 Å². The van der Waals surface area contributed by atoms with E-state index >= 15 is 0 Å². The third-order valence-electron chi connectivity index (χ3n) is 4.59. The number of H-pyrrole nitrogens is 2. The Kier molecular flexibility index (Phi) is 5.28. The van der Waals surface area contributed by atoms with Crippen LogP contribution in [0.5, 0.6) is 0 Å². The maximum atomic E-state index is 12.8. The van der Waals surface area contributed by atoms with Crippen molar-refractivity contribution >= 4 is 47.7 Å². The van der Waals surface area contributed by atoms with Crippen molar-refractivity contribution in [2.75, 3.05) is 11.5 Å². The lowest BCUT2D eigenvalue weighted by Crippen LogP contribution is -2.30. The number of benzene rings is 1. The Labute approximate surface area is 174 Å². The van der Waals surface area contributed by atoms with Gasteiger partial charge in [-0.05, 0) is 42.1 Å². The quantitative estimate of drug-likeness (QED) is 0.466. The van der Waals surface area contributed by atoms with Crippen molar-refractivity contribution in [3.8, 4) is 0 Å². The van der Waals surface area contributed by atoms with Gasteiger partial charge >= 0.3 is 0 Å². The fraction of sp³-hybridized carbons (Fsp3) is 0.176. The number of aromatic nitrogens is 4. The van der Waals surface area contributed by atoms with E-state index in [1.54, 1.807) is 38.4 Å². The van der Waals surface area contributed by atoms with E-state index in [4.69, 9.17) is 47.5 Å². The maximum absolute atomic E-state index is 12.8. The predicted octanol–water partition coefficient (Wildman–Crippen LogP) is 2.20. The summed E-state index contributed by atoms with van der Waals surface area (Å²) in [5.74, 6) is -0.622. The molecule has 11 heteroatoms. The zero-order chi connectivity index (χ0) is 20.7. The smallest absolute Gasteiger partial charge is 0.257 e. The molecule has 3 rings (SSSR count). The second kappa shape index (κ2) is 7.38. The van der Waals surface area contributed by atoms with Crippen LogP contribution in [0, 0.1) is 9.54 Å². The molecule has 2 aromatic heterocycles. The number of aromatic amines is 2. The van der Waals surface area contributed by atoms with Gasteiger partial charge < -0.3 is 20.6 Å². The lowest BCUT2D eigenvalue weighted by Gasteiger charge is -2.22. The minimum Gasteiger partial charge on any atom is -0.385 e. The van der Waals surface area contributed by atoms with E-state index in [0.717, 1.165) is 0 Å². The van der Waals surface area contributed by atoms with Crippen molar-refractivity contribution < 1.29 is 0 Å². The van der Waals surface area contributed by atoms with Gasteiger partial charge in [-0.2, -0.15) is 0 Å². The van der Waals surface area contributed by atoms with Crippen LogP contribution in [-0.2, 0) is 14.1 Å². The van der Waals surface area contributed by atoms with E-state index < -0.39 is 17.0 Å². The van der Waals surface area contributed by atoms with Crippen LogP contribution >= 0.6 is 36.0 Å². The van der Waals surface area contributed by atoms with Gasteiger partial charge in [0, 0.05) is 19.1 Å². The molecule has 0 saturated carbocycles. The lowest BCUT2D eigenvalue weighted by atomic mass is 9.86. The second-order valence-corrected chi connectivity index (χ2v) is 7.43. The fourth-order valence-corrected chi connectivity index (χ4v) is 3.51. The number of nitrogens with one attached hydrogen (secondary N) is 2. The Balaban J connectivity index is 2.49. The predicted molar refractivity (Wildman–Crippen MR) is 115 cm³/mol. The molecule has 0 unspecified atom stereocenters. The molecule has 0 bridgehead atoms. The van der Waals surface area contributed by atoms with E-state index in [9.17, 15) is 9.59 Å². The Morgan fingerprint density at radius 3 is 1.68 bits per heavy atom. The first-order chi connectivity index (χ1) is 13.1. The van der Waals surface area contributed by atoms with Crippen LogP contribution in [0.4, 0.5) is 11.6 Å². The van der Waals surface area contributed by atoms with Crippen LogP contribution in [0.15, 0.2) is 33.9 Å².